The van der Waals surface area contributed by atoms with Crippen LogP contribution in [0.4, 0.5) is 18.9 Å². The summed E-state index contributed by atoms with van der Waals surface area (Å²) in [7, 11) is 0. The second kappa shape index (κ2) is 5.42. The van der Waals surface area contributed by atoms with Crippen LogP contribution in [0.15, 0.2) is 18.2 Å². The Morgan fingerprint density at radius 3 is 2.50 bits per heavy atom. The van der Waals surface area contributed by atoms with E-state index in [1.165, 1.54) is 0 Å². The first kappa shape index (κ1) is 14.5. The number of nitrogens with two attached hydrogens (primary N) is 1. The topological polar surface area (TPSA) is 43.1 Å². The third-order valence-electron chi connectivity index (χ3n) is 2.91. The van der Waals surface area contributed by atoms with Gasteiger partial charge in [0.2, 0.25) is 0 Å². The summed E-state index contributed by atoms with van der Waals surface area (Å²) in [6.45, 7) is 3.80. The standard InChI is InChI=1S/C13H16F3NO/c1-3-8(2)6-12(18)10-7-9(13(14,15)16)4-5-11(10)17/h4-5,7-8H,3,6,17H2,1-2H3. The predicted octanol–water partition coefficient (Wildman–Crippen LogP) is 3.91. The molecule has 0 saturated heterocycles. The van der Waals surface area contributed by atoms with Gasteiger partial charge in [0, 0.05) is 17.7 Å². The molecule has 0 fully saturated rings. The van der Waals surface area contributed by atoms with Crippen LogP contribution in [-0.4, -0.2) is 5.78 Å². The molecule has 0 heterocycles. The zero-order valence-corrected chi connectivity index (χ0v) is 10.3. The first-order valence-corrected chi connectivity index (χ1v) is 5.75. The molecule has 0 aliphatic heterocycles. The lowest BCUT2D eigenvalue weighted by Gasteiger charge is -2.12. The van der Waals surface area contributed by atoms with E-state index in [1.54, 1.807) is 0 Å². The summed E-state index contributed by atoms with van der Waals surface area (Å²) in [6.07, 6.45) is -3.45. The molecule has 0 radical (unpaired) electrons. The lowest BCUT2D eigenvalue weighted by molar-refractivity contribution is -0.137. The molecule has 0 aliphatic carbocycles. The predicted molar refractivity (Wildman–Crippen MR) is 64.3 cm³/mol. The van der Waals surface area contributed by atoms with E-state index in [0.29, 0.717) is 0 Å². The van der Waals surface area contributed by atoms with Crippen molar-refractivity contribution >= 4 is 11.5 Å². The van der Waals surface area contributed by atoms with Gasteiger partial charge in [0.05, 0.1) is 5.56 Å². The van der Waals surface area contributed by atoms with Crippen LogP contribution in [-0.2, 0) is 6.18 Å². The van der Waals surface area contributed by atoms with E-state index in [9.17, 15) is 18.0 Å². The lowest BCUT2D eigenvalue weighted by atomic mass is 9.96. The normalized spacial score (nSPS) is 13.4. The summed E-state index contributed by atoms with van der Waals surface area (Å²) in [6, 6.07) is 2.85. The minimum absolute atomic E-state index is 0.0369. The van der Waals surface area contributed by atoms with Crippen LogP contribution in [0.3, 0.4) is 0 Å². The van der Waals surface area contributed by atoms with Crippen molar-refractivity contribution in [1.29, 1.82) is 0 Å². The Bertz CT molecular complexity index is 440. The number of carbonyl (C=O) groups is 1. The first-order valence-electron chi connectivity index (χ1n) is 5.75. The van der Waals surface area contributed by atoms with Crippen LogP contribution < -0.4 is 5.73 Å². The molecule has 1 unspecified atom stereocenters. The average Bonchev–Trinajstić information content (AvgIpc) is 2.27. The number of benzene rings is 1. The molecule has 1 rings (SSSR count). The van der Waals surface area contributed by atoms with Crippen LogP contribution in [0.1, 0.15) is 42.6 Å². The highest BCUT2D eigenvalue weighted by atomic mass is 19.4. The molecule has 0 amide bonds. The number of nitrogen functional groups attached to an aromatic ring is 1. The molecule has 1 aromatic carbocycles. The zero-order chi connectivity index (χ0) is 13.9. The van der Waals surface area contributed by atoms with Crippen molar-refractivity contribution in [3.63, 3.8) is 0 Å². The van der Waals surface area contributed by atoms with Crippen molar-refractivity contribution < 1.29 is 18.0 Å². The fourth-order valence-corrected chi connectivity index (χ4v) is 1.54. The van der Waals surface area contributed by atoms with Crippen molar-refractivity contribution in [2.45, 2.75) is 32.9 Å². The van der Waals surface area contributed by atoms with E-state index < -0.39 is 11.7 Å². The SMILES string of the molecule is CCC(C)CC(=O)c1cc(C(F)(F)F)ccc1N. The van der Waals surface area contributed by atoms with Gasteiger partial charge in [0.15, 0.2) is 5.78 Å². The number of Topliss-reactive ketones (excluding diaryl/α,β-unsaturated/α-hetero) is 1. The second-order valence-corrected chi connectivity index (χ2v) is 4.44. The molecule has 0 bridgehead atoms. The summed E-state index contributed by atoms with van der Waals surface area (Å²) < 4.78 is 37.6. The summed E-state index contributed by atoms with van der Waals surface area (Å²) in [5, 5.41) is 0. The van der Waals surface area contributed by atoms with E-state index in [1.807, 2.05) is 13.8 Å². The molecule has 1 aromatic rings. The Morgan fingerprint density at radius 2 is 2.00 bits per heavy atom. The van der Waals surface area contributed by atoms with Gasteiger partial charge in [-0.05, 0) is 24.1 Å². The third-order valence-corrected chi connectivity index (χ3v) is 2.91. The molecule has 0 aromatic heterocycles. The average molecular weight is 259 g/mol. The smallest absolute Gasteiger partial charge is 0.398 e. The molecular weight excluding hydrogens is 243 g/mol. The van der Waals surface area contributed by atoms with Gasteiger partial charge in [-0.25, -0.2) is 0 Å². The quantitative estimate of drug-likeness (QED) is 0.658. The second-order valence-electron chi connectivity index (χ2n) is 4.44. The summed E-state index contributed by atoms with van der Waals surface area (Å²) >= 11 is 0. The Labute approximate surface area is 104 Å². The maximum absolute atomic E-state index is 12.5. The highest BCUT2D eigenvalue weighted by molar-refractivity contribution is 6.01. The molecule has 5 heteroatoms. The summed E-state index contributed by atoms with van der Waals surface area (Å²) in [5.74, 6) is -0.209. The molecule has 2 nitrogen and oxygen atoms in total. The maximum atomic E-state index is 12.5. The van der Waals surface area contributed by atoms with Gasteiger partial charge in [-0.3, -0.25) is 4.79 Å². The number of anilines is 1. The number of ketones is 1. The summed E-state index contributed by atoms with van der Waals surface area (Å²) in [4.78, 5) is 11.9. The molecule has 0 spiro atoms. The first-order chi connectivity index (χ1) is 8.25. The van der Waals surface area contributed by atoms with Crippen LogP contribution in [0.2, 0.25) is 0 Å². The Morgan fingerprint density at radius 1 is 1.39 bits per heavy atom. The zero-order valence-electron chi connectivity index (χ0n) is 10.3. The molecule has 18 heavy (non-hydrogen) atoms. The number of carbonyl (C=O) groups excluding carboxylic acids is 1. The Balaban J connectivity index is 3.04. The van der Waals surface area contributed by atoms with Crippen LogP contribution in [0, 0.1) is 5.92 Å². The largest absolute Gasteiger partial charge is 0.416 e. The van der Waals surface area contributed by atoms with Gasteiger partial charge < -0.3 is 5.73 Å². The van der Waals surface area contributed by atoms with Crippen molar-refractivity contribution in [3.8, 4) is 0 Å². The van der Waals surface area contributed by atoms with Crippen molar-refractivity contribution in [3.05, 3.63) is 29.3 Å². The molecule has 1 atom stereocenters. The fraction of sp³-hybridized carbons (Fsp3) is 0.462. The van der Waals surface area contributed by atoms with Crippen LogP contribution >= 0.6 is 0 Å². The van der Waals surface area contributed by atoms with Crippen LogP contribution in [0.5, 0.6) is 0 Å². The van der Waals surface area contributed by atoms with E-state index in [2.05, 4.69) is 0 Å². The highest BCUT2D eigenvalue weighted by Crippen LogP contribution is 2.31. The number of alkyl halides is 3. The van der Waals surface area contributed by atoms with Gasteiger partial charge >= 0.3 is 6.18 Å². The molecule has 2 N–H and O–H groups in total. The number of hydrogen-bond donors (Lipinski definition) is 1. The number of halogens is 3. The van der Waals surface area contributed by atoms with E-state index >= 15 is 0 Å². The van der Waals surface area contributed by atoms with Gasteiger partial charge in [0.25, 0.3) is 0 Å². The van der Waals surface area contributed by atoms with Gasteiger partial charge in [-0.1, -0.05) is 20.3 Å². The van der Waals surface area contributed by atoms with Crippen molar-refractivity contribution in [2.24, 2.45) is 5.92 Å². The Kier molecular flexibility index (Phi) is 4.38. The van der Waals surface area contributed by atoms with Crippen molar-refractivity contribution in [2.75, 3.05) is 5.73 Å². The molecule has 0 aliphatic rings. The van der Waals surface area contributed by atoms with Crippen LogP contribution in [0.25, 0.3) is 0 Å². The lowest BCUT2D eigenvalue weighted by Crippen LogP contribution is -2.11. The van der Waals surface area contributed by atoms with Crippen molar-refractivity contribution in [1.82, 2.24) is 0 Å². The molecular formula is C13H16F3NO. The van der Waals surface area contributed by atoms with E-state index in [0.717, 1.165) is 24.6 Å². The van der Waals surface area contributed by atoms with Gasteiger partial charge in [0.1, 0.15) is 0 Å². The van der Waals surface area contributed by atoms with Gasteiger partial charge in [-0.15, -0.1) is 0 Å². The third kappa shape index (κ3) is 3.48. The van der Waals surface area contributed by atoms with E-state index in [4.69, 9.17) is 5.73 Å². The minimum atomic E-state index is -4.46. The van der Waals surface area contributed by atoms with E-state index in [-0.39, 0.29) is 29.4 Å². The monoisotopic (exact) mass is 259 g/mol. The summed E-state index contributed by atoms with van der Waals surface area (Å²) in [5.41, 5.74) is 4.78. The maximum Gasteiger partial charge on any atom is 0.416 e. The molecule has 100 valence electrons. The Hall–Kier alpha value is -1.52. The van der Waals surface area contributed by atoms with Gasteiger partial charge in [-0.2, -0.15) is 13.2 Å². The fourth-order valence-electron chi connectivity index (χ4n) is 1.54. The molecule has 0 saturated carbocycles. The number of hydrogen-bond acceptors (Lipinski definition) is 2. The highest BCUT2D eigenvalue weighted by Gasteiger charge is 2.31. The minimum Gasteiger partial charge on any atom is -0.398 e. The number of rotatable bonds is 4.